The molecule has 0 saturated heterocycles. The Kier molecular flexibility index (Phi) is 1.51. The lowest BCUT2D eigenvalue weighted by atomic mass is 9.93. The summed E-state index contributed by atoms with van der Waals surface area (Å²) in [6.07, 6.45) is 2.27. The smallest absolute Gasteiger partial charge is 0.308 e. The van der Waals surface area contributed by atoms with Crippen molar-refractivity contribution in [1.82, 2.24) is 0 Å². The molecule has 68 valence electrons. The molecule has 0 unspecified atom stereocenters. The van der Waals surface area contributed by atoms with Crippen LogP contribution in [0.4, 0.5) is 0 Å². The first-order valence-corrected chi connectivity index (χ1v) is 4.67. The fraction of sp³-hybridized carbons (Fsp3) is 0.900. The molecule has 0 bridgehead atoms. The fourth-order valence-electron chi connectivity index (χ4n) is 3.09. The predicted octanol–water partition coefficient (Wildman–Crippen LogP) is 1.84. The van der Waals surface area contributed by atoms with Crippen LogP contribution in [-0.2, 0) is 9.53 Å². The molecule has 2 nitrogen and oxygen atoms in total. The Bertz CT molecular complexity index is 220. The zero-order chi connectivity index (χ0) is 8.93. The highest BCUT2D eigenvalue weighted by Crippen LogP contribution is 2.69. The van der Waals surface area contributed by atoms with Gasteiger partial charge in [0.15, 0.2) is 0 Å². The van der Waals surface area contributed by atoms with Crippen molar-refractivity contribution >= 4 is 5.97 Å². The summed E-state index contributed by atoms with van der Waals surface area (Å²) >= 11 is 0. The van der Waals surface area contributed by atoms with E-state index in [0.29, 0.717) is 11.3 Å². The van der Waals surface area contributed by atoms with E-state index in [0.717, 1.165) is 12.3 Å². The molecule has 0 spiro atoms. The van der Waals surface area contributed by atoms with Crippen LogP contribution < -0.4 is 0 Å². The summed E-state index contributed by atoms with van der Waals surface area (Å²) in [5, 5.41) is 0. The van der Waals surface area contributed by atoms with Gasteiger partial charge in [0.05, 0.1) is 13.0 Å². The van der Waals surface area contributed by atoms with Crippen LogP contribution in [0.2, 0.25) is 0 Å². The molecular weight excluding hydrogens is 152 g/mol. The Labute approximate surface area is 73.3 Å². The summed E-state index contributed by atoms with van der Waals surface area (Å²) in [7, 11) is 1.49. The molecule has 12 heavy (non-hydrogen) atoms. The Morgan fingerprint density at radius 3 is 2.50 bits per heavy atom. The SMILES string of the molecule is COC(=O)[C@H]1CC[C@H]2[C@@H]1C2(C)C. The van der Waals surface area contributed by atoms with Crippen molar-refractivity contribution in [3.05, 3.63) is 0 Å². The first kappa shape index (κ1) is 8.09. The maximum absolute atomic E-state index is 11.3. The minimum Gasteiger partial charge on any atom is -0.469 e. The minimum atomic E-state index is 0.00748. The van der Waals surface area contributed by atoms with Gasteiger partial charge >= 0.3 is 5.97 Å². The summed E-state index contributed by atoms with van der Waals surface area (Å²) in [4.78, 5) is 11.3. The molecule has 0 aromatic rings. The molecule has 2 aliphatic rings. The van der Waals surface area contributed by atoms with Crippen molar-refractivity contribution < 1.29 is 9.53 Å². The maximum Gasteiger partial charge on any atom is 0.308 e. The van der Waals surface area contributed by atoms with Gasteiger partial charge in [0, 0.05) is 0 Å². The van der Waals surface area contributed by atoms with Gasteiger partial charge in [-0.15, -0.1) is 0 Å². The summed E-state index contributed by atoms with van der Waals surface area (Å²) in [5.41, 5.74) is 0.414. The van der Waals surface area contributed by atoms with Crippen LogP contribution in [0.15, 0.2) is 0 Å². The van der Waals surface area contributed by atoms with Crippen LogP contribution in [0.1, 0.15) is 26.7 Å². The third-order valence-corrected chi connectivity index (χ3v) is 3.87. The highest BCUT2D eigenvalue weighted by atomic mass is 16.5. The molecule has 3 atom stereocenters. The number of ether oxygens (including phenoxy) is 1. The Morgan fingerprint density at radius 2 is 2.08 bits per heavy atom. The summed E-state index contributed by atoms with van der Waals surface area (Å²) in [6, 6.07) is 0. The van der Waals surface area contributed by atoms with Crippen LogP contribution in [0.25, 0.3) is 0 Å². The standard InChI is InChI=1S/C10H16O2/c1-10(2)7-5-4-6(8(7)10)9(11)12-3/h6-8H,4-5H2,1-3H3/t6-,7-,8+/m0/s1. The summed E-state index contributed by atoms with van der Waals surface area (Å²) in [5.74, 6) is 1.62. The van der Waals surface area contributed by atoms with Crippen molar-refractivity contribution in [2.24, 2.45) is 23.2 Å². The van der Waals surface area contributed by atoms with Crippen LogP contribution in [0.5, 0.6) is 0 Å². The Hall–Kier alpha value is -0.530. The van der Waals surface area contributed by atoms with Crippen LogP contribution in [0.3, 0.4) is 0 Å². The van der Waals surface area contributed by atoms with Gasteiger partial charge in [-0.05, 0) is 30.1 Å². The van der Waals surface area contributed by atoms with E-state index in [-0.39, 0.29) is 11.9 Å². The van der Waals surface area contributed by atoms with Crippen LogP contribution in [0, 0.1) is 23.2 Å². The van der Waals surface area contributed by atoms with Gasteiger partial charge in [0.2, 0.25) is 0 Å². The summed E-state index contributed by atoms with van der Waals surface area (Å²) in [6.45, 7) is 4.52. The average Bonchev–Trinajstić information content (AvgIpc) is 2.52. The molecule has 2 saturated carbocycles. The molecule has 2 heteroatoms. The molecular formula is C10H16O2. The summed E-state index contributed by atoms with van der Waals surface area (Å²) < 4.78 is 4.79. The van der Waals surface area contributed by atoms with Crippen molar-refractivity contribution in [3.8, 4) is 0 Å². The number of hydrogen-bond acceptors (Lipinski definition) is 2. The van der Waals surface area contributed by atoms with Gasteiger partial charge in [-0.3, -0.25) is 4.79 Å². The molecule has 0 aromatic heterocycles. The van der Waals surface area contributed by atoms with E-state index in [1.54, 1.807) is 0 Å². The lowest BCUT2D eigenvalue weighted by Crippen LogP contribution is -2.19. The Balaban J connectivity index is 2.08. The van der Waals surface area contributed by atoms with E-state index in [2.05, 4.69) is 13.8 Å². The molecule has 2 fully saturated rings. The van der Waals surface area contributed by atoms with Crippen molar-refractivity contribution in [2.75, 3.05) is 7.11 Å². The zero-order valence-electron chi connectivity index (χ0n) is 7.96. The average molecular weight is 168 g/mol. The number of esters is 1. The highest BCUT2D eigenvalue weighted by Gasteiger charge is 2.65. The van der Waals surface area contributed by atoms with Gasteiger partial charge in [0.1, 0.15) is 0 Å². The number of rotatable bonds is 1. The van der Waals surface area contributed by atoms with E-state index in [1.807, 2.05) is 0 Å². The quantitative estimate of drug-likeness (QED) is 0.558. The van der Waals surface area contributed by atoms with E-state index in [1.165, 1.54) is 13.5 Å². The molecule has 0 radical (unpaired) electrons. The normalized spacial score (nSPS) is 42.1. The van der Waals surface area contributed by atoms with Crippen molar-refractivity contribution in [2.45, 2.75) is 26.7 Å². The first-order chi connectivity index (χ1) is 5.59. The highest BCUT2D eigenvalue weighted by molar-refractivity contribution is 5.74. The van der Waals surface area contributed by atoms with E-state index in [9.17, 15) is 4.79 Å². The van der Waals surface area contributed by atoms with Gasteiger partial charge in [-0.1, -0.05) is 13.8 Å². The first-order valence-electron chi connectivity index (χ1n) is 4.67. The lowest BCUT2D eigenvalue weighted by Gasteiger charge is -2.14. The predicted molar refractivity (Wildman–Crippen MR) is 45.5 cm³/mol. The number of fused-ring (bicyclic) bond motifs is 1. The van der Waals surface area contributed by atoms with Gasteiger partial charge < -0.3 is 4.74 Å². The largest absolute Gasteiger partial charge is 0.469 e. The second-order valence-electron chi connectivity index (χ2n) is 4.66. The molecule has 0 aliphatic heterocycles. The van der Waals surface area contributed by atoms with Crippen molar-refractivity contribution in [1.29, 1.82) is 0 Å². The molecule has 2 rings (SSSR count). The molecule has 0 amide bonds. The minimum absolute atomic E-state index is 0.00748. The van der Waals surface area contributed by atoms with Gasteiger partial charge in [-0.25, -0.2) is 0 Å². The second kappa shape index (κ2) is 2.24. The third kappa shape index (κ3) is 0.838. The number of carbonyl (C=O) groups excluding carboxylic acids is 1. The third-order valence-electron chi connectivity index (χ3n) is 3.87. The molecule has 0 aromatic carbocycles. The molecule has 0 N–H and O–H groups in total. The van der Waals surface area contributed by atoms with Crippen molar-refractivity contribution in [3.63, 3.8) is 0 Å². The van der Waals surface area contributed by atoms with Crippen LogP contribution in [-0.4, -0.2) is 13.1 Å². The molecule has 2 aliphatic carbocycles. The zero-order valence-corrected chi connectivity index (χ0v) is 7.96. The fourth-order valence-corrected chi connectivity index (χ4v) is 3.09. The topological polar surface area (TPSA) is 26.3 Å². The number of carbonyl (C=O) groups is 1. The van der Waals surface area contributed by atoms with Gasteiger partial charge in [-0.2, -0.15) is 0 Å². The number of hydrogen-bond donors (Lipinski definition) is 0. The monoisotopic (exact) mass is 168 g/mol. The number of methoxy groups -OCH3 is 1. The second-order valence-corrected chi connectivity index (χ2v) is 4.66. The lowest BCUT2D eigenvalue weighted by molar-refractivity contribution is -0.146. The van der Waals surface area contributed by atoms with Gasteiger partial charge in [0.25, 0.3) is 0 Å². The Morgan fingerprint density at radius 1 is 1.42 bits per heavy atom. The van der Waals surface area contributed by atoms with E-state index < -0.39 is 0 Å². The maximum atomic E-state index is 11.3. The molecule has 0 heterocycles. The van der Waals surface area contributed by atoms with E-state index >= 15 is 0 Å². The van der Waals surface area contributed by atoms with E-state index in [4.69, 9.17) is 4.74 Å². The van der Waals surface area contributed by atoms with Crippen LogP contribution >= 0.6 is 0 Å².